The first-order valence-corrected chi connectivity index (χ1v) is 7.51. The molecule has 2 rings (SSSR count). The van der Waals surface area contributed by atoms with Crippen molar-refractivity contribution < 1.29 is 4.79 Å². The lowest BCUT2D eigenvalue weighted by atomic mass is 10.1. The van der Waals surface area contributed by atoms with Gasteiger partial charge in [-0.05, 0) is 19.8 Å². The Bertz CT molecular complexity index is 600. The molecule has 20 heavy (non-hydrogen) atoms. The highest BCUT2D eigenvalue weighted by Crippen LogP contribution is 2.28. The van der Waals surface area contributed by atoms with Crippen molar-refractivity contribution in [3.05, 3.63) is 22.5 Å². The molecule has 1 N–H and O–H groups in total. The maximum Gasteiger partial charge on any atom is 0.260 e. The molecule has 6 nitrogen and oxygen atoms in total. The molecule has 0 bridgehead atoms. The number of nitrogens with zero attached hydrogens (tertiary/aromatic N) is 4. The molecule has 0 atom stereocenters. The highest BCUT2D eigenvalue weighted by Gasteiger charge is 2.17. The van der Waals surface area contributed by atoms with E-state index in [1.807, 2.05) is 14.0 Å². The zero-order chi connectivity index (χ0) is 14.7. The topological polar surface area (TPSA) is 72.7 Å². The molecule has 0 radical (unpaired) electrons. The Morgan fingerprint density at radius 2 is 2.10 bits per heavy atom. The molecular formula is C13H19N5OS. The number of carbonyl (C=O) groups is 1. The lowest BCUT2D eigenvalue weighted by molar-refractivity contribution is 0.102. The van der Waals surface area contributed by atoms with E-state index in [-0.39, 0.29) is 5.91 Å². The third-order valence-corrected chi connectivity index (χ3v) is 4.48. The number of aryl methyl sites for hydroxylation is 1. The number of nitrogens with one attached hydrogen (secondary N) is 1. The number of hydrogen-bond donors (Lipinski definition) is 1. The van der Waals surface area contributed by atoms with Gasteiger partial charge in [0, 0.05) is 18.7 Å². The summed E-state index contributed by atoms with van der Waals surface area (Å²) in [4.78, 5) is 12.1. The monoisotopic (exact) mass is 293 g/mol. The standard InChI is InChI=1S/C13H19N5OS/c1-5-9(6-2)12-16-17-13(20-12)15-11(19)10-7-14-18(4)8(10)3/h7,9H,5-6H2,1-4H3,(H,15,17,19). The SMILES string of the molecule is CCC(CC)c1nnc(NC(=O)c2cnn(C)c2C)s1. The molecule has 108 valence electrons. The number of carbonyl (C=O) groups excluding carboxylic acids is 1. The van der Waals surface area contributed by atoms with Crippen LogP contribution in [0.2, 0.25) is 0 Å². The van der Waals surface area contributed by atoms with Crippen LogP contribution in [0.3, 0.4) is 0 Å². The fourth-order valence-corrected chi connectivity index (χ4v) is 2.98. The van der Waals surface area contributed by atoms with E-state index >= 15 is 0 Å². The number of aromatic nitrogens is 4. The van der Waals surface area contributed by atoms with E-state index in [2.05, 4.69) is 34.5 Å². The summed E-state index contributed by atoms with van der Waals surface area (Å²) in [5.74, 6) is 0.223. The highest BCUT2D eigenvalue weighted by molar-refractivity contribution is 7.15. The number of rotatable bonds is 5. The molecule has 0 aliphatic rings. The third kappa shape index (κ3) is 2.87. The van der Waals surface area contributed by atoms with E-state index in [1.54, 1.807) is 10.9 Å². The van der Waals surface area contributed by atoms with E-state index in [1.165, 1.54) is 11.3 Å². The van der Waals surface area contributed by atoms with Crippen molar-refractivity contribution >= 4 is 22.4 Å². The van der Waals surface area contributed by atoms with Crippen molar-refractivity contribution in [2.24, 2.45) is 7.05 Å². The molecule has 7 heteroatoms. The van der Waals surface area contributed by atoms with Gasteiger partial charge in [0.2, 0.25) is 5.13 Å². The van der Waals surface area contributed by atoms with Crippen molar-refractivity contribution in [1.29, 1.82) is 0 Å². The summed E-state index contributed by atoms with van der Waals surface area (Å²) in [6.07, 6.45) is 3.62. The summed E-state index contributed by atoms with van der Waals surface area (Å²) >= 11 is 1.44. The first kappa shape index (κ1) is 14.6. The van der Waals surface area contributed by atoms with Crippen LogP contribution >= 0.6 is 11.3 Å². The Balaban J connectivity index is 2.11. The van der Waals surface area contributed by atoms with E-state index in [0.717, 1.165) is 23.5 Å². The fraction of sp³-hybridized carbons (Fsp3) is 0.538. The second kappa shape index (κ2) is 6.13. The predicted octanol–water partition coefficient (Wildman–Crippen LogP) is 2.74. The molecule has 0 unspecified atom stereocenters. The third-order valence-electron chi connectivity index (χ3n) is 3.48. The molecule has 0 saturated heterocycles. The van der Waals surface area contributed by atoms with Gasteiger partial charge in [-0.1, -0.05) is 25.2 Å². The summed E-state index contributed by atoms with van der Waals surface area (Å²) in [6.45, 7) is 6.12. The normalized spacial score (nSPS) is 11.1. The van der Waals surface area contributed by atoms with Crippen molar-refractivity contribution in [1.82, 2.24) is 20.0 Å². The van der Waals surface area contributed by atoms with Gasteiger partial charge in [0.05, 0.1) is 11.8 Å². The van der Waals surface area contributed by atoms with Gasteiger partial charge in [-0.15, -0.1) is 10.2 Å². The smallest absolute Gasteiger partial charge is 0.260 e. The van der Waals surface area contributed by atoms with Crippen LogP contribution in [0.1, 0.15) is 53.7 Å². The molecule has 0 saturated carbocycles. The molecule has 0 spiro atoms. The Morgan fingerprint density at radius 3 is 2.65 bits per heavy atom. The Kier molecular flexibility index (Phi) is 4.49. The zero-order valence-electron chi connectivity index (χ0n) is 12.2. The number of amides is 1. The minimum absolute atomic E-state index is 0.192. The van der Waals surface area contributed by atoms with Crippen LogP contribution in [0.15, 0.2) is 6.20 Å². The molecule has 0 aromatic carbocycles. The summed E-state index contributed by atoms with van der Waals surface area (Å²) in [5.41, 5.74) is 1.39. The average Bonchev–Trinajstić information content (AvgIpc) is 3.00. The van der Waals surface area contributed by atoms with Crippen LogP contribution in [0.25, 0.3) is 0 Å². The van der Waals surface area contributed by atoms with Gasteiger partial charge < -0.3 is 0 Å². The van der Waals surface area contributed by atoms with Crippen LogP contribution in [-0.2, 0) is 7.05 Å². The first-order valence-electron chi connectivity index (χ1n) is 6.70. The maximum absolute atomic E-state index is 12.1. The molecule has 2 heterocycles. The van der Waals surface area contributed by atoms with Crippen LogP contribution in [0.5, 0.6) is 0 Å². The van der Waals surface area contributed by atoms with Gasteiger partial charge in [0.15, 0.2) is 0 Å². The maximum atomic E-state index is 12.1. The fourth-order valence-electron chi connectivity index (χ4n) is 1.97. The van der Waals surface area contributed by atoms with Gasteiger partial charge >= 0.3 is 0 Å². The largest absolute Gasteiger partial charge is 0.296 e. The van der Waals surface area contributed by atoms with Crippen molar-refractivity contribution in [3.63, 3.8) is 0 Å². The van der Waals surface area contributed by atoms with E-state index in [4.69, 9.17) is 0 Å². The van der Waals surface area contributed by atoms with Gasteiger partial charge in [-0.3, -0.25) is 14.8 Å². The lowest BCUT2D eigenvalue weighted by Gasteiger charge is -2.05. The quantitative estimate of drug-likeness (QED) is 0.920. The van der Waals surface area contributed by atoms with Gasteiger partial charge in [0.1, 0.15) is 5.01 Å². The lowest BCUT2D eigenvalue weighted by Crippen LogP contribution is -2.12. The Morgan fingerprint density at radius 1 is 1.40 bits per heavy atom. The average molecular weight is 293 g/mol. The van der Waals surface area contributed by atoms with Crippen molar-refractivity contribution in [2.75, 3.05) is 5.32 Å². The van der Waals surface area contributed by atoms with Crippen molar-refractivity contribution in [3.8, 4) is 0 Å². The Labute approximate surface area is 122 Å². The highest BCUT2D eigenvalue weighted by atomic mass is 32.1. The molecule has 0 aliphatic carbocycles. The zero-order valence-corrected chi connectivity index (χ0v) is 13.0. The predicted molar refractivity (Wildman–Crippen MR) is 79.1 cm³/mol. The van der Waals surface area contributed by atoms with Crippen LogP contribution in [0.4, 0.5) is 5.13 Å². The first-order chi connectivity index (χ1) is 9.56. The van der Waals surface area contributed by atoms with E-state index in [9.17, 15) is 4.79 Å². The molecule has 1 amide bonds. The van der Waals surface area contributed by atoms with Crippen LogP contribution in [0, 0.1) is 6.92 Å². The molecule has 0 fully saturated rings. The number of hydrogen-bond acceptors (Lipinski definition) is 5. The second-order valence-corrected chi connectivity index (χ2v) is 5.69. The second-order valence-electron chi connectivity index (χ2n) is 4.68. The van der Waals surface area contributed by atoms with Gasteiger partial charge in [-0.25, -0.2) is 0 Å². The molecule has 2 aromatic rings. The number of anilines is 1. The van der Waals surface area contributed by atoms with E-state index in [0.29, 0.717) is 16.6 Å². The summed E-state index contributed by atoms with van der Waals surface area (Å²) in [5, 5.41) is 16.6. The summed E-state index contributed by atoms with van der Waals surface area (Å²) in [6, 6.07) is 0. The summed E-state index contributed by atoms with van der Waals surface area (Å²) < 4.78 is 1.67. The minimum Gasteiger partial charge on any atom is -0.296 e. The minimum atomic E-state index is -0.192. The molecule has 0 aliphatic heterocycles. The van der Waals surface area contributed by atoms with E-state index < -0.39 is 0 Å². The van der Waals surface area contributed by atoms with Crippen LogP contribution in [-0.4, -0.2) is 25.9 Å². The molecular weight excluding hydrogens is 274 g/mol. The van der Waals surface area contributed by atoms with Gasteiger partial charge in [-0.2, -0.15) is 5.10 Å². The summed E-state index contributed by atoms with van der Waals surface area (Å²) in [7, 11) is 1.81. The van der Waals surface area contributed by atoms with Gasteiger partial charge in [0.25, 0.3) is 5.91 Å². The van der Waals surface area contributed by atoms with Crippen molar-refractivity contribution in [2.45, 2.75) is 39.5 Å². The van der Waals surface area contributed by atoms with Crippen LogP contribution < -0.4 is 5.32 Å². The molecule has 2 aromatic heterocycles. The Hall–Kier alpha value is -1.76.